The first-order valence-corrected chi connectivity index (χ1v) is 23.9. The van der Waals surface area contributed by atoms with Crippen molar-refractivity contribution < 1.29 is 4.42 Å². The summed E-state index contributed by atoms with van der Waals surface area (Å²) in [6.45, 7) is 20.7. The standard InChI is InChI=1S/C60H53BN2OS/c1-58(2,3)37-23-27-40(28-24-37)63-48-34-39(60(7,8)9)25-29-42(48)54-55-49(35-45-41-19-13-15-21-50(41)64-57(45)54)62(47-31-26-38(59(4,5)6)33-44(47)36-17-11-10-12-18-36)56-46(61(55)63)30-32-52-53(56)43-20-14-16-22-51(43)65-52/h10-35H,1-9H3. The van der Waals surface area contributed by atoms with Crippen LogP contribution in [-0.2, 0) is 16.2 Å². The van der Waals surface area contributed by atoms with Crippen LogP contribution in [0.3, 0.4) is 0 Å². The average molecular weight is 861 g/mol. The van der Waals surface area contributed by atoms with Crippen LogP contribution in [0.4, 0.5) is 28.4 Å². The van der Waals surface area contributed by atoms with E-state index in [9.17, 15) is 0 Å². The lowest BCUT2D eigenvalue weighted by atomic mass is 9.43. The number of furan rings is 1. The minimum absolute atomic E-state index is 0.0208. The highest BCUT2D eigenvalue weighted by molar-refractivity contribution is 7.26. The predicted molar refractivity (Wildman–Crippen MR) is 282 cm³/mol. The molecule has 0 unspecified atom stereocenters. The minimum atomic E-state index is -0.177. The topological polar surface area (TPSA) is 19.6 Å². The van der Waals surface area contributed by atoms with Crippen molar-refractivity contribution in [1.29, 1.82) is 0 Å². The summed E-state index contributed by atoms with van der Waals surface area (Å²) in [7, 11) is 0. The SMILES string of the molecule is CC(C)(C)c1ccc(N2B3c4ccc5sc6ccccc6c5c4N(c4ccc(C(C)(C)C)cc4-c4ccccc4)c4cc5c(oc6ccccc65)c(c43)-c3ccc(C(C)(C)C)cc32)cc1. The van der Waals surface area contributed by atoms with Crippen LogP contribution in [0.15, 0.2) is 162 Å². The molecule has 0 amide bonds. The van der Waals surface area contributed by atoms with E-state index in [0.29, 0.717) is 0 Å². The maximum Gasteiger partial charge on any atom is 0.333 e. The van der Waals surface area contributed by atoms with Gasteiger partial charge in [0.25, 0.3) is 0 Å². The Morgan fingerprint density at radius 1 is 0.492 bits per heavy atom. The van der Waals surface area contributed by atoms with Crippen molar-refractivity contribution in [3.8, 4) is 22.3 Å². The number of hydrogen-bond donors (Lipinski definition) is 0. The molecule has 0 N–H and O–H groups in total. The number of benzene rings is 8. The Morgan fingerprint density at radius 3 is 1.88 bits per heavy atom. The van der Waals surface area contributed by atoms with Gasteiger partial charge in [0.2, 0.25) is 0 Å². The van der Waals surface area contributed by atoms with Gasteiger partial charge in [0, 0.05) is 64.7 Å². The van der Waals surface area contributed by atoms with E-state index in [1.807, 2.05) is 11.3 Å². The van der Waals surface area contributed by atoms with Crippen molar-refractivity contribution in [3.63, 3.8) is 0 Å². The summed E-state index contributed by atoms with van der Waals surface area (Å²) in [5.74, 6) is 0. The highest BCUT2D eigenvalue weighted by atomic mass is 32.1. The van der Waals surface area contributed by atoms with E-state index in [2.05, 4.69) is 230 Å². The summed E-state index contributed by atoms with van der Waals surface area (Å²) in [5, 5.41) is 4.84. The third-order valence-electron chi connectivity index (χ3n) is 14.1. The maximum atomic E-state index is 7.13. The number of anilines is 5. The van der Waals surface area contributed by atoms with Crippen molar-refractivity contribution in [2.24, 2.45) is 0 Å². The van der Waals surface area contributed by atoms with Gasteiger partial charge in [-0.05, 0) is 104 Å². The number of hydrogen-bond acceptors (Lipinski definition) is 4. The summed E-state index contributed by atoms with van der Waals surface area (Å²) < 4.78 is 9.71. The molecule has 0 spiro atoms. The summed E-state index contributed by atoms with van der Waals surface area (Å²) in [6, 6.07) is 59.7. The lowest BCUT2D eigenvalue weighted by Gasteiger charge is -2.46. The Hall–Kier alpha value is -6.56. The smallest absolute Gasteiger partial charge is 0.333 e. The van der Waals surface area contributed by atoms with Gasteiger partial charge in [0.1, 0.15) is 11.2 Å². The van der Waals surface area contributed by atoms with E-state index in [1.165, 1.54) is 92.8 Å². The molecule has 0 saturated heterocycles. The van der Waals surface area contributed by atoms with Crippen LogP contribution in [0.25, 0.3) is 64.4 Å². The van der Waals surface area contributed by atoms with E-state index < -0.39 is 0 Å². The Bertz CT molecular complexity index is 3560. The molecule has 0 aliphatic carbocycles. The second-order valence-corrected chi connectivity index (χ2v) is 22.5. The first kappa shape index (κ1) is 40.0. The molecule has 2 aliphatic rings. The summed E-state index contributed by atoms with van der Waals surface area (Å²) >= 11 is 1.89. The fourth-order valence-electron chi connectivity index (χ4n) is 10.7. The zero-order valence-corrected chi connectivity index (χ0v) is 39.6. The molecule has 0 bridgehead atoms. The predicted octanol–water partition coefficient (Wildman–Crippen LogP) is 16.2. The third-order valence-corrected chi connectivity index (χ3v) is 15.3. The first-order chi connectivity index (χ1) is 31.1. The summed E-state index contributed by atoms with van der Waals surface area (Å²) in [4.78, 5) is 5.31. The Morgan fingerprint density at radius 2 is 1.14 bits per heavy atom. The largest absolute Gasteiger partial charge is 0.455 e. The second kappa shape index (κ2) is 14.0. The fourth-order valence-corrected chi connectivity index (χ4v) is 11.8. The summed E-state index contributed by atoms with van der Waals surface area (Å²) in [5.41, 5.74) is 19.0. The molecule has 0 saturated carbocycles. The first-order valence-electron chi connectivity index (χ1n) is 23.1. The molecular formula is C60H53BN2OS. The van der Waals surface area contributed by atoms with Crippen LogP contribution in [0.5, 0.6) is 0 Å². The van der Waals surface area contributed by atoms with Gasteiger partial charge >= 0.3 is 6.85 Å². The van der Waals surface area contributed by atoms with Gasteiger partial charge in [-0.25, -0.2) is 0 Å². The van der Waals surface area contributed by atoms with Crippen LogP contribution in [-0.4, -0.2) is 6.85 Å². The minimum Gasteiger partial charge on any atom is -0.455 e. The zero-order valence-electron chi connectivity index (χ0n) is 38.8. The molecule has 4 heterocycles. The molecule has 0 atom stereocenters. The van der Waals surface area contributed by atoms with Crippen LogP contribution in [0.2, 0.25) is 0 Å². The molecule has 2 aliphatic heterocycles. The molecular weight excluding hydrogens is 808 g/mol. The van der Waals surface area contributed by atoms with Crippen molar-refractivity contribution in [2.75, 3.05) is 9.71 Å². The van der Waals surface area contributed by atoms with Gasteiger partial charge in [-0.15, -0.1) is 11.3 Å². The van der Waals surface area contributed by atoms with Crippen LogP contribution >= 0.6 is 11.3 Å². The van der Waals surface area contributed by atoms with Gasteiger partial charge in [-0.3, -0.25) is 0 Å². The molecule has 2 aromatic heterocycles. The Labute approximate surface area is 387 Å². The monoisotopic (exact) mass is 860 g/mol. The van der Waals surface area contributed by atoms with E-state index in [0.717, 1.165) is 27.6 Å². The van der Waals surface area contributed by atoms with Crippen molar-refractivity contribution >= 4 is 99.7 Å². The van der Waals surface area contributed by atoms with E-state index in [4.69, 9.17) is 4.42 Å². The molecule has 3 nitrogen and oxygen atoms in total. The quantitative estimate of drug-likeness (QED) is 0.165. The molecule has 65 heavy (non-hydrogen) atoms. The lowest BCUT2D eigenvalue weighted by molar-refractivity contribution is 0.590. The number of fused-ring (bicyclic) bond motifs is 12. The number of nitrogens with zero attached hydrogens (tertiary/aromatic N) is 2. The van der Waals surface area contributed by atoms with E-state index >= 15 is 0 Å². The molecule has 5 heteroatoms. The molecule has 10 aromatic rings. The molecule has 0 fully saturated rings. The Kier molecular flexibility index (Phi) is 8.60. The van der Waals surface area contributed by atoms with Gasteiger partial charge in [-0.2, -0.15) is 0 Å². The second-order valence-electron chi connectivity index (χ2n) is 21.4. The van der Waals surface area contributed by atoms with Gasteiger partial charge in [0.05, 0.1) is 11.4 Å². The number of thiophene rings is 1. The molecule has 8 aromatic carbocycles. The summed E-state index contributed by atoms with van der Waals surface area (Å²) in [6.07, 6.45) is 0. The molecule has 0 radical (unpaired) electrons. The zero-order chi connectivity index (χ0) is 44.7. The van der Waals surface area contributed by atoms with Gasteiger partial charge in [0.15, 0.2) is 0 Å². The van der Waals surface area contributed by atoms with Crippen LogP contribution in [0, 0.1) is 0 Å². The average Bonchev–Trinajstić information content (AvgIpc) is 3.86. The maximum absolute atomic E-state index is 7.13. The highest BCUT2D eigenvalue weighted by Crippen LogP contribution is 2.55. The van der Waals surface area contributed by atoms with Crippen LogP contribution < -0.4 is 20.6 Å². The van der Waals surface area contributed by atoms with Gasteiger partial charge < -0.3 is 14.1 Å². The van der Waals surface area contributed by atoms with E-state index in [1.54, 1.807) is 0 Å². The third kappa shape index (κ3) is 6.08. The molecule has 12 rings (SSSR count). The van der Waals surface area contributed by atoms with Crippen molar-refractivity contribution in [3.05, 3.63) is 174 Å². The van der Waals surface area contributed by atoms with Crippen LogP contribution in [0.1, 0.15) is 79.0 Å². The van der Waals surface area contributed by atoms with E-state index in [-0.39, 0.29) is 23.1 Å². The fraction of sp³-hybridized carbons (Fsp3) is 0.200. The number of para-hydroxylation sites is 1. The van der Waals surface area contributed by atoms with Crippen molar-refractivity contribution in [1.82, 2.24) is 0 Å². The number of rotatable bonds is 3. The Balaban J connectivity index is 1.29. The highest BCUT2D eigenvalue weighted by Gasteiger charge is 2.48. The van der Waals surface area contributed by atoms with Gasteiger partial charge in [-0.1, -0.05) is 165 Å². The lowest BCUT2D eigenvalue weighted by Crippen LogP contribution is -2.61. The molecule has 318 valence electrons. The normalized spacial score (nSPS) is 13.8. The van der Waals surface area contributed by atoms with Crippen molar-refractivity contribution in [2.45, 2.75) is 78.6 Å².